The van der Waals surface area contributed by atoms with Crippen LogP contribution in [0.1, 0.15) is 144 Å². The van der Waals surface area contributed by atoms with Crippen LogP contribution in [0.3, 0.4) is 0 Å². The summed E-state index contributed by atoms with van der Waals surface area (Å²) in [6.45, 7) is 0. The molecule has 21 nitrogen and oxygen atoms in total. The Hall–Kier alpha value is -8.94. The second-order valence-electron chi connectivity index (χ2n) is 28.2. The zero-order valence-corrected chi connectivity index (χ0v) is 66.3. The van der Waals surface area contributed by atoms with Crippen molar-refractivity contribution < 1.29 is 68.1 Å². The Kier molecular flexibility index (Phi) is 23.6. The maximum Gasteiger partial charge on any atom is 0.272 e. The summed E-state index contributed by atoms with van der Waals surface area (Å²) in [5, 5.41) is 55.4. The minimum atomic E-state index is -3.68. The molecule has 0 unspecified atom stereocenters. The molecule has 33 heteroatoms. The molecule has 3 aliphatic heterocycles. The summed E-state index contributed by atoms with van der Waals surface area (Å²) in [4.78, 5) is 40.4. The monoisotopic (exact) mass is 1710 g/mol. The topological polar surface area (TPSA) is 304 Å². The Morgan fingerprint density at radius 1 is 0.407 bits per heavy atom. The molecule has 586 valence electrons. The summed E-state index contributed by atoms with van der Waals surface area (Å²) >= 11 is 37.8. The molecule has 113 heavy (non-hydrogen) atoms. The highest BCUT2D eigenvalue weighted by atomic mass is 35.5. The molecule has 6 heterocycles. The van der Waals surface area contributed by atoms with Gasteiger partial charge < -0.3 is 31.3 Å². The van der Waals surface area contributed by atoms with E-state index in [0.29, 0.717) is 115 Å². The molecule has 2 saturated carbocycles. The van der Waals surface area contributed by atoms with Crippen molar-refractivity contribution in [2.24, 2.45) is 0 Å². The molecule has 3 amide bonds. The van der Waals surface area contributed by atoms with Gasteiger partial charge in [0.05, 0.1) is 120 Å². The van der Waals surface area contributed by atoms with E-state index in [1.54, 1.807) is 54.6 Å². The lowest BCUT2D eigenvalue weighted by Gasteiger charge is -2.28. The predicted molar refractivity (Wildman–Crippen MR) is 429 cm³/mol. The zero-order valence-electron chi connectivity index (χ0n) is 59.4. The number of carbonyl (C=O) groups is 3. The lowest BCUT2D eigenvalue weighted by molar-refractivity contribution is 0.0713. The minimum absolute atomic E-state index is 0.0490. The third-order valence-electron chi connectivity index (χ3n) is 20.1. The fraction of sp³-hybridized carbons (Fsp3) is 0.250. The number of hydrogen-bond acceptors (Lipinski definition) is 15. The zero-order chi connectivity index (χ0) is 80.1. The molecule has 0 radical (unpaired) electrons. The van der Waals surface area contributed by atoms with Crippen molar-refractivity contribution >= 4 is 152 Å². The van der Waals surface area contributed by atoms with Crippen LogP contribution in [0.25, 0.3) is 52.0 Å². The number of nitrogens with zero attached hydrogens (tertiary/aromatic N) is 6. The lowest BCUT2D eigenvalue weighted by Crippen LogP contribution is -2.45. The van der Waals surface area contributed by atoms with Crippen LogP contribution in [0.4, 0.5) is 13.2 Å². The molecular weight excluding hydrogens is 1640 g/mol. The molecule has 3 aliphatic carbocycles. The van der Waals surface area contributed by atoms with Gasteiger partial charge in [0, 0.05) is 38.2 Å². The molecule has 6 N–H and O–H groups in total. The third-order valence-corrected chi connectivity index (χ3v) is 26.2. The number of aliphatic hydroxyl groups excluding tert-OH is 3. The summed E-state index contributed by atoms with van der Waals surface area (Å²) in [5.74, 6) is -5.11. The van der Waals surface area contributed by atoms with Crippen LogP contribution in [0.15, 0.2) is 152 Å². The molecule has 7 aromatic carbocycles. The highest BCUT2D eigenvalue weighted by Crippen LogP contribution is 2.42. The van der Waals surface area contributed by atoms with Gasteiger partial charge in [-0.05, 0) is 186 Å². The largest absolute Gasteiger partial charge is 0.391 e. The van der Waals surface area contributed by atoms with Crippen LogP contribution in [-0.2, 0) is 53.2 Å². The number of aliphatic hydroxyl groups is 3. The van der Waals surface area contributed by atoms with Crippen LogP contribution in [-0.4, -0.2) is 135 Å². The van der Waals surface area contributed by atoms with Crippen molar-refractivity contribution in [3.63, 3.8) is 0 Å². The van der Waals surface area contributed by atoms with E-state index in [0.717, 1.165) is 30.4 Å². The fourth-order valence-electron chi connectivity index (χ4n) is 14.9. The number of sulfone groups is 3. The van der Waals surface area contributed by atoms with Gasteiger partial charge in [0.2, 0.25) is 0 Å². The first kappa shape index (κ1) is 80.7. The Morgan fingerprint density at radius 2 is 0.735 bits per heavy atom. The number of halogens is 9. The number of nitrogens with one attached hydrogen (secondary N) is 3. The number of amides is 3. The molecule has 10 aromatic rings. The van der Waals surface area contributed by atoms with Crippen molar-refractivity contribution in [2.75, 3.05) is 17.3 Å². The van der Waals surface area contributed by atoms with E-state index in [2.05, 4.69) is 31.2 Å². The summed E-state index contributed by atoms with van der Waals surface area (Å²) in [6.07, 6.45) is 8.02. The maximum absolute atomic E-state index is 13.7. The van der Waals surface area contributed by atoms with Crippen molar-refractivity contribution in [3.8, 4) is 17.1 Å². The summed E-state index contributed by atoms with van der Waals surface area (Å²) in [7, 11) is -11.0. The van der Waals surface area contributed by atoms with Crippen LogP contribution < -0.4 is 16.0 Å². The van der Waals surface area contributed by atoms with Gasteiger partial charge in [0.1, 0.15) is 17.5 Å². The van der Waals surface area contributed by atoms with Crippen molar-refractivity contribution in [2.45, 2.75) is 105 Å². The number of carbonyl (C=O) groups excluding carboxylic acids is 3. The van der Waals surface area contributed by atoms with Gasteiger partial charge >= 0.3 is 0 Å². The van der Waals surface area contributed by atoms with E-state index in [4.69, 9.17) is 69.6 Å². The number of rotatable bonds is 12. The Labute approximate surface area is 677 Å². The van der Waals surface area contributed by atoms with Crippen molar-refractivity contribution in [1.82, 2.24) is 45.3 Å². The van der Waals surface area contributed by atoms with Gasteiger partial charge in [-0.25, -0.2) is 52.5 Å². The first-order chi connectivity index (χ1) is 53.8. The van der Waals surface area contributed by atoms with E-state index in [1.807, 2.05) is 24.3 Å². The van der Waals surface area contributed by atoms with Gasteiger partial charge in [0.25, 0.3) is 17.7 Å². The summed E-state index contributed by atoms with van der Waals surface area (Å²) < 4.78 is 123. The van der Waals surface area contributed by atoms with Crippen LogP contribution >= 0.6 is 69.6 Å². The number of fused-ring (bicyclic) bond motifs is 4. The van der Waals surface area contributed by atoms with Crippen molar-refractivity contribution in [3.05, 3.63) is 278 Å². The highest BCUT2D eigenvalue weighted by Gasteiger charge is 2.42. The smallest absolute Gasteiger partial charge is 0.272 e. The average Bonchev–Trinajstić information content (AvgIpc) is 1.61. The second-order valence-corrected chi connectivity index (χ2v) is 37.0. The quantitative estimate of drug-likeness (QED) is 0.0662. The normalized spacial score (nSPS) is 21.4. The first-order valence-electron chi connectivity index (χ1n) is 35.6. The number of aromatic nitrogens is 6. The fourth-order valence-corrected chi connectivity index (χ4v) is 20.9. The molecule has 0 bridgehead atoms. The molecule has 2 fully saturated rings. The van der Waals surface area contributed by atoms with Gasteiger partial charge in [-0.1, -0.05) is 143 Å². The Balaban J connectivity index is 0.000000141. The van der Waals surface area contributed by atoms with E-state index in [1.165, 1.54) is 105 Å². The van der Waals surface area contributed by atoms with Gasteiger partial charge in [0.15, 0.2) is 46.6 Å². The number of benzene rings is 7. The Bertz CT molecular complexity index is 5920. The molecule has 6 atom stereocenters. The van der Waals surface area contributed by atoms with Gasteiger partial charge in [-0.3, -0.25) is 14.4 Å². The highest BCUT2D eigenvalue weighted by molar-refractivity contribution is 7.91. The van der Waals surface area contributed by atoms with E-state index >= 15 is 0 Å². The lowest BCUT2D eigenvalue weighted by atomic mass is 9.92. The van der Waals surface area contributed by atoms with Crippen molar-refractivity contribution in [1.29, 1.82) is 0 Å². The molecular formula is C80H68Cl6F3N9O12S3. The first-order valence-corrected chi connectivity index (χ1v) is 43.3. The van der Waals surface area contributed by atoms with Crippen LogP contribution in [0.2, 0.25) is 30.1 Å². The molecule has 0 spiro atoms. The SMILES string of the molecule is O=C(N[C@@H]1CCC[C@H]1O)c1nn(-c2ccc(Cl)cc2Cl)c2c1CS(=O)(=O)C/C2=C\c1ccc(F)cc1.O=C(N[C@@H]1c2ccccc2C[C@@H]1O)c1nn(-c2ccc(Cl)cc2Cl)c2c1CS(=O)(=O)C/C2=C\c1ccc(F)cc1.O=C(N[C@H]1CCCC[C@@H]1O)c1nn(-c2ccc(Cl)cc2Cl)c2c1CS(=O)(=O)C/C2=C\c1ccc(F)cc1. The second kappa shape index (κ2) is 33.1. The molecule has 0 saturated heterocycles. The Morgan fingerprint density at radius 3 is 1.07 bits per heavy atom. The molecule has 6 aliphatic rings. The third kappa shape index (κ3) is 18.0. The summed E-state index contributed by atoms with van der Waals surface area (Å²) in [5.41, 5.74) is 7.62. The van der Waals surface area contributed by atoms with E-state index in [9.17, 15) is 68.1 Å². The van der Waals surface area contributed by atoms with E-state index < -0.39 is 107 Å². The van der Waals surface area contributed by atoms with E-state index in [-0.39, 0.29) is 77.6 Å². The predicted octanol–water partition coefficient (Wildman–Crippen LogP) is 14.4. The van der Waals surface area contributed by atoms with Gasteiger partial charge in [-0.15, -0.1) is 0 Å². The van der Waals surface area contributed by atoms with Crippen LogP contribution in [0, 0.1) is 17.5 Å². The number of hydrogen-bond donors (Lipinski definition) is 6. The van der Waals surface area contributed by atoms with Gasteiger partial charge in [-0.2, -0.15) is 15.3 Å². The standard InChI is InChI=1S/C29H22Cl2FN3O4S.C26H24Cl2FN3O4S.C25H22Cl2FN3O4S/c30-19-7-10-24(23(31)13-19)35-28-18(11-16-5-8-20(32)9-6-16)14-40(38,39)15-22(28)27(34-35)29(37)33-26-21-4-2-1-3-17(21)12-25(26)36;27-17-7-10-22(20(28)12-17)32-25-16(11-15-5-8-18(29)9-6-15)13-37(35,36)14-19(25)24(31-32)26(34)30-21-3-1-2-4-23(21)33;26-16-6-9-21(19(27)11-16)31-24-15(10-14-4-7-17(28)8-5-14)12-36(34,35)13-18(24)23(30-31)25(33)29-20-2-1-3-22(20)32/h1-11,13,25-26,36H,12,14-15H2,(H,33,37);5-12,21,23,33H,1-4,13-14H2,(H,30,34);4-11,20,22,32H,1-3,12-13H2,(H,29,33)/b18-11+;16-11+;15-10+/t25-,26+;21-,23-;20-,22-/m001/s1. The summed E-state index contributed by atoms with van der Waals surface area (Å²) in [6, 6.07) is 37.1. The molecule has 16 rings (SSSR count). The minimum Gasteiger partial charge on any atom is -0.391 e. The average molecular weight is 1710 g/mol. The maximum atomic E-state index is 13.7. The van der Waals surface area contributed by atoms with Crippen LogP contribution in [0.5, 0.6) is 0 Å². The molecule has 3 aromatic heterocycles.